The zero-order valence-electron chi connectivity index (χ0n) is 8.50. The molecule has 3 N–H and O–H groups in total. The Labute approximate surface area is 81.8 Å². The van der Waals surface area contributed by atoms with E-state index in [9.17, 15) is 4.79 Å². The largest absolute Gasteiger partial charge is 0.464 e. The van der Waals surface area contributed by atoms with Crippen molar-refractivity contribution in [2.75, 3.05) is 7.11 Å². The molecule has 0 amide bonds. The van der Waals surface area contributed by atoms with E-state index in [-0.39, 0.29) is 5.69 Å². The fourth-order valence-corrected chi connectivity index (χ4v) is 1.04. The van der Waals surface area contributed by atoms with Gasteiger partial charge >= 0.3 is 5.97 Å². The van der Waals surface area contributed by atoms with Crippen molar-refractivity contribution < 1.29 is 9.53 Å². The summed E-state index contributed by atoms with van der Waals surface area (Å²) in [6.45, 7) is 3.70. The van der Waals surface area contributed by atoms with Crippen LogP contribution in [0, 0.1) is 0 Å². The first-order chi connectivity index (χ1) is 6.53. The molecule has 0 radical (unpaired) electrons. The van der Waals surface area contributed by atoms with Crippen LogP contribution in [0.5, 0.6) is 0 Å². The van der Waals surface area contributed by atoms with Crippen molar-refractivity contribution in [3.8, 4) is 0 Å². The molecule has 0 aliphatic heterocycles. The molecule has 0 saturated heterocycles. The highest BCUT2D eigenvalue weighted by molar-refractivity contribution is 5.88. The number of methoxy groups -OCH3 is 1. The van der Waals surface area contributed by atoms with Crippen LogP contribution < -0.4 is 5.73 Å². The predicted molar refractivity (Wildman–Crippen MR) is 49.6 cm³/mol. The molecule has 0 aliphatic carbocycles. The Bertz CT molecular complexity index is 332. The Balaban J connectivity index is 3.10. The van der Waals surface area contributed by atoms with Crippen molar-refractivity contribution in [3.63, 3.8) is 0 Å². The molecule has 0 aromatic carbocycles. The third-order valence-electron chi connectivity index (χ3n) is 2.20. The standard InChI is InChI=1S/C8H14N4O2/c1-4-8(2,9)6-5(7(13)14-3)10-12-11-6/h4,9H2,1-3H3,(H,10,11,12). The lowest BCUT2D eigenvalue weighted by Crippen LogP contribution is -2.34. The molecule has 6 heteroatoms. The number of aromatic amines is 1. The van der Waals surface area contributed by atoms with Gasteiger partial charge in [0.1, 0.15) is 5.69 Å². The first-order valence-electron chi connectivity index (χ1n) is 4.31. The summed E-state index contributed by atoms with van der Waals surface area (Å²) in [5, 5.41) is 9.95. The van der Waals surface area contributed by atoms with E-state index in [0.29, 0.717) is 12.1 Å². The molecule has 1 heterocycles. The molecule has 0 saturated carbocycles. The van der Waals surface area contributed by atoms with Gasteiger partial charge in [-0.3, -0.25) is 0 Å². The van der Waals surface area contributed by atoms with E-state index in [1.165, 1.54) is 7.11 Å². The van der Waals surface area contributed by atoms with Gasteiger partial charge in [0.15, 0.2) is 5.69 Å². The van der Waals surface area contributed by atoms with E-state index >= 15 is 0 Å². The van der Waals surface area contributed by atoms with Gasteiger partial charge in [0.25, 0.3) is 0 Å². The van der Waals surface area contributed by atoms with Crippen molar-refractivity contribution in [2.45, 2.75) is 25.8 Å². The maximum absolute atomic E-state index is 11.3. The topological polar surface area (TPSA) is 93.9 Å². The number of hydrogen-bond acceptors (Lipinski definition) is 5. The van der Waals surface area contributed by atoms with Gasteiger partial charge < -0.3 is 10.5 Å². The molecule has 0 bridgehead atoms. The second-order valence-corrected chi connectivity index (χ2v) is 3.28. The lowest BCUT2D eigenvalue weighted by atomic mass is 9.94. The molecular weight excluding hydrogens is 184 g/mol. The first-order valence-corrected chi connectivity index (χ1v) is 4.31. The van der Waals surface area contributed by atoms with Gasteiger partial charge in [0, 0.05) is 0 Å². The smallest absolute Gasteiger partial charge is 0.360 e. The molecule has 14 heavy (non-hydrogen) atoms. The fourth-order valence-electron chi connectivity index (χ4n) is 1.04. The monoisotopic (exact) mass is 198 g/mol. The number of carbonyl (C=O) groups is 1. The molecule has 0 aliphatic rings. The Kier molecular flexibility index (Phi) is 2.85. The first kappa shape index (κ1) is 10.6. The number of nitrogens with zero attached hydrogens (tertiary/aromatic N) is 2. The minimum Gasteiger partial charge on any atom is -0.464 e. The molecule has 0 fully saturated rings. The average molecular weight is 198 g/mol. The van der Waals surface area contributed by atoms with Gasteiger partial charge in [-0.05, 0) is 13.3 Å². The van der Waals surface area contributed by atoms with E-state index in [4.69, 9.17) is 5.73 Å². The average Bonchev–Trinajstić information content (AvgIpc) is 2.65. The maximum atomic E-state index is 11.3. The van der Waals surface area contributed by atoms with Crippen molar-refractivity contribution in [1.29, 1.82) is 0 Å². The van der Waals surface area contributed by atoms with Gasteiger partial charge in [-0.15, -0.1) is 5.10 Å². The van der Waals surface area contributed by atoms with Crippen LogP contribution in [0.15, 0.2) is 0 Å². The minimum absolute atomic E-state index is 0.152. The van der Waals surface area contributed by atoms with Gasteiger partial charge in [-0.2, -0.15) is 10.3 Å². The number of esters is 1. The maximum Gasteiger partial charge on any atom is 0.360 e. The summed E-state index contributed by atoms with van der Waals surface area (Å²) in [4.78, 5) is 11.3. The summed E-state index contributed by atoms with van der Waals surface area (Å²) in [5.74, 6) is -0.529. The van der Waals surface area contributed by atoms with Crippen LogP contribution in [0.25, 0.3) is 0 Å². The van der Waals surface area contributed by atoms with Crippen molar-refractivity contribution in [3.05, 3.63) is 11.4 Å². The zero-order chi connectivity index (χ0) is 10.8. The van der Waals surface area contributed by atoms with Crippen molar-refractivity contribution in [2.24, 2.45) is 5.73 Å². The van der Waals surface area contributed by atoms with Gasteiger partial charge in [0.2, 0.25) is 0 Å². The number of hydrogen-bond donors (Lipinski definition) is 2. The molecule has 1 aromatic rings. The molecule has 0 spiro atoms. The zero-order valence-corrected chi connectivity index (χ0v) is 8.50. The van der Waals surface area contributed by atoms with E-state index in [1.807, 2.05) is 6.92 Å². The van der Waals surface area contributed by atoms with Gasteiger partial charge in [0.05, 0.1) is 12.6 Å². The SMILES string of the molecule is CCC(C)(N)c1n[nH]nc1C(=O)OC. The van der Waals surface area contributed by atoms with Crippen molar-refractivity contribution >= 4 is 5.97 Å². The van der Waals surface area contributed by atoms with Crippen LogP contribution in [0.4, 0.5) is 0 Å². The highest BCUT2D eigenvalue weighted by Crippen LogP contribution is 2.21. The van der Waals surface area contributed by atoms with Crippen LogP contribution in [0.2, 0.25) is 0 Å². The number of H-pyrrole nitrogens is 1. The highest BCUT2D eigenvalue weighted by atomic mass is 16.5. The molecule has 1 atom stereocenters. The van der Waals surface area contributed by atoms with Crippen LogP contribution in [-0.4, -0.2) is 28.5 Å². The van der Waals surface area contributed by atoms with Crippen LogP contribution in [0.3, 0.4) is 0 Å². The lowest BCUT2D eigenvalue weighted by molar-refractivity contribution is 0.0590. The second kappa shape index (κ2) is 3.75. The molecule has 78 valence electrons. The summed E-state index contributed by atoms with van der Waals surface area (Å²) < 4.78 is 4.56. The van der Waals surface area contributed by atoms with E-state index < -0.39 is 11.5 Å². The summed E-state index contributed by atoms with van der Waals surface area (Å²) in [7, 11) is 1.29. The van der Waals surface area contributed by atoms with Crippen LogP contribution in [0.1, 0.15) is 36.5 Å². The lowest BCUT2D eigenvalue weighted by Gasteiger charge is -2.19. The number of nitrogens with two attached hydrogens (primary N) is 1. The van der Waals surface area contributed by atoms with E-state index in [2.05, 4.69) is 20.1 Å². The number of aromatic nitrogens is 3. The number of carbonyl (C=O) groups excluding carboxylic acids is 1. The number of nitrogens with one attached hydrogen (secondary N) is 1. The molecule has 1 rings (SSSR count). The molecule has 6 nitrogen and oxygen atoms in total. The molecule has 1 unspecified atom stereocenters. The summed E-state index contributed by atoms with van der Waals surface area (Å²) in [5.41, 5.74) is 5.86. The Hall–Kier alpha value is -1.43. The van der Waals surface area contributed by atoms with Crippen LogP contribution in [-0.2, 0) is 10.3 Å². The third-order valence-corrected chi connectivity index (χ3v) is 2.20. The third kappa shape index (κ3) is 1.74. The van der Waals surface area contributed by atoms with E-state index in [1.54, 1.807) is 6.92 Å². The quantitative estimate of drug-likeness (QED) is 0.675. The van der Waals surface area contributed by atoms with Crippen LogP contribution >= 0.6 is 0 Å². The Morgan fingerprint density at radius 3 is 2.79 bits per heavy atom. The Morgan fingerprint density at radius 1 is 1.64 bits per heavy atom. The number of rotatable bonds is 3. The molecule has 1 aromatic heterocycles. The molecular formula is C8H14N4O2. The van der Waals surface area contributed by atoms with Crippen molar-refractivity contribution in [1.82, 2.24) is 15.4 Å². The minimum atomic E-state index is -0.670. The van der Waals surface area contributed by atoms with E-state index in [0.717, 1.165) is 0 Å². The Morgan fingerprint density at radius 2 is 2.29 bits per heavy atom. The van der Waals surface area contributed by atoms with Gasteiger partial charge in [-0.25, -0.2) is 4.79 Å². The second-order valence-electron chi connectivity index (χ2n) is 3.28. The highest BCUT2D eigenvalue weighted by Gasteiger charge is 2.29. The summed E-state index contributed by atoms with van der Waals surface area (Å²) >= 11 is 0. The van der Waals surface area contributed by atoms with Gasteiger partial charge in [-0.1, -0.05) is 6.92 Å². The fraction of sp³-hybridized carbons (Fsp3) is 0.625. The summed E-state index contributed by atoms with van der Waals surface area (Å²) in [6.07, 6.45) is 0.656. The normalized spacial score (nSPS) is 14.9. The number of ether oxygens (including phenoxy) is 1. The summed E-state index contributed by atoms with van der Waals surface area (Å²) in [6, 6.07) is 0. The predicted octanol–water partition coefficient (Wildman–Crippen LogP) is 0.175.